The van der Waals surface area contributed by atoms with E-state index in [1.807, 2.05) is 25.3 Å². The normalized spacial score (nSPS) is 11.2. The van der Waals surface area contributed by atoms with Crippen molar-refractivity contribution in [3.63, 3.8) is 0 Å². The second-order valence-electron chi connectivity index (χ2n) is 2.91. The van der Waals surface area contributed by atoms with E-state index in [1.165, 1.54) is 6.07 Å². The van der Waals surface area contributed by atoms with Crippen molar-refractivity contribution in [1.82, 2.24) is 5.32 Å². The van der Waals surface area contributed by atoms with Gasteiger partial charge in [-0.2, -0.15) is 8.78 Å². The van der Waals surface area contributed by atoms with Gasteiger partial charge in [-0.1, -0.05) is 24.3 Å². The minimum Gasteiger partial charge on any atom is -0.435 e. The number of nitrogens with one attached hydrogen (secondary N) is 1. The van der Waals surface area contributed by atoms with Crippen LogP contribution in [0, 0.1) is 0 Å². The van der Waals surface area contributed by atoms with Crippen molar-refractivity contribution in [2.24, 2.45) is 0 Å². The predicted molar refractivity (Wildman–Crippen MR) is 56.0 cm³/mol. The van der Waals surface area contributed by atoms with Crippen molar-refractivity contribution in [2.45, 2.75) is 6.61 Å². The fourth-order valence-corrected chi connectivity index (χ4v) is 1.11. The Morgan fingerprint density at radius 3 is 2.93 bits per heavy atom. The zero-order valence-electron chi connectivity index (χ0n) is 8.41. The molecule has 0 aliphatic carbocycles. The van der Waals surface area contributed by atoms with E-state index in [-0.39, 0.29) is 5.75 Å². The summed E-state index contributed by atoms with van der Waals surface area (Å²) in [4.78, 5) is 0. The third kappa shape index (κ3) is 4.56. The van der Waals surface area contributed by atoms with Gasteiger partial charge < -0.3 is 10.1 Å². The molecule has 0 aromatic heterocycles. The molecule has 0 saturated heterocycles. The lowest BCUT2D eigenvalue weighted by Gasteiger charge is -2.04. The molecule has 1 N–H and O–H groups in total. The minimum absolute atomic E-state index is 0.177. The molecule has 0 unspecified atom stereocenters. The standard InChI is InChI=1S/C11H13F2NO/c1-14-7-3-5-9-4-2-6-10(8-9)15-11(12)13/h2-6,8,11,14H,7H2,1H3. The summed E-state index contributed by atoms with van der Waals surface area (Å²) in [6.45, 7) is -2.04. The molecule has 0 amide bonds. The van der Waals surface area contributed by atoms with E-state index in [0.29, 0.717) is 0 Å². The number of hydrogen-bond acceptors (Lipinski definition) is 2. The Morgan fingerprint density at radius 2 is 2.27 bits per heavy atom. The van der Waals surface area contributed by atoms with Crippen LogP contribution in [-0.2, 0) is 0 Å². The van der Waals surface area contributed by atoms with Crippen molar-refractivity contribution in [3.8, 4) is 5.75 Å². The maximum atomic E-state index is 11.9. The largest absolute Gasteiger partial charge is 0.435 e. The van der Waals surface area contributed by atoms with Crippen molar-refractivity contribution < 1.29 is 13.5 Å². The highest BCUT2D eigenvalue weighted by Crippen LogP contribution is 2.16. The highest BCUT2D eigenvalue weighted by atomic mass is 19.3. The Hall–Kier alpha value is -1.42. The molecule has 2 nitrogen and oxygen atoms in total. The van der Waals surface area contributed by atoms with Gasteiger partial charge in [0, 0.05) is 6.54 Å². The lowest BCUT2D eigenvalue weighted by atomic mass is 10.2. The molecule has 0 saturated carbocycles. The minimum atomic E-state index is -2.78. The molecule has 0 bridgehead atoms. The van der Waals surface area contributed by atoms with Crippen molar-refractivity contribution >= 4 is 6.08 Å². The average molecular weight is 213 g/mol. The smallest absolute Gasteiger partial charge is 0.387 e. The third-order valence-electron chi connectivity index (χ3n) is 1.72. The van der Waals surface area contributed by atoms with Crippen LogP contribution >= 0.6 is 0 Å². The quantitative estimate of drug-likeness (QED) is 0.811. The van der Waals surface area contributed by atoms with Gasteiger partial charge in [0.05, 0.1) is 0 Å². The van der Waals surface area contributed by atoms with Crippen molar-refractivity contribution in [3.05, 3.63) is 35.9 Å². The van der Waals surface area contributed by atoms with Crippen molar-refractivity contribution in [2.75, 3.05) is 13.6 Å². The zero-order valence-corrected chi connectivity index (χ0v) is 8.41. The molecule has 15 heavy (non-hydrogen) atoms. The van der Waals surface area contributed by atoms with Gasteiger partial charge in [-0.25, -0.2) is 0 Å². The van der Waals surface area contributed by atoms with Crippen LogP contribution in [-0.4, -0.2) is 20.2 Å². The summed E-state index contributed by atoms with van der Waals surface area (Å²) in [6.07, 6.45) is 3.75. The number of likely N-dealkylation sites (N-methyl/N-ethyl adjacent to an activating group) is 1. The summed E-state index contributed by atoms with van der Waals surface area (Å²) in [5.41, 5.74) is 0.836. The van der Waals surface area contributed by atoms with Gasteiger partial charge in [-0.05, 0) is 24.7 Å². The van der Waals surface area contributed by atoms with Crippen LogP contribution in [0.5, 0.6) is 5.75 Å². The van der Waals surface area contributed by atoms with Gasteiger partial charge in [-0.15, -0.1) is 0 Å². The monoisotopic (exact) mass is 213 g/mol. The Kier molecular flexibility index (Phi) is 4.77. The van der Waals surface area contributed by atoms with Gasteiger partial charge in [0.25, 0.3) is 0 Å². The van der Waals surface area contributed by atoms with Crippen LogP contribution in [0.4, 0.5) is 8.78 Å². The number of ether oxygens (including phenoxy) is 1. The Morgan fingerprint density at radius 1 is 1.47 bits per heavy atom. The first-order valence-corrected chi connectivity index (χ1v) is 4.58. The Bertz CT molecular complexity index is 326. The van der Waals surface area contributed by atoms with E-state index in [0.717, 1.165) is 12.1 Å². The summed E-state index contributed by atoms with van der Waals surface area (Å²) in [5.74, 6) is 0.177. The molecular formula is C11H13F2NO. The third-order valence-corrected chi connectivity index (χ3v) is 1.72. The average Bonchev–Trinajstić information content (AvgIpc) is 2.18. The summed E-state index contributed by atoms with van der Waals surface area (Å²) >= 11 is 0. The number of benzene rings is 1. The summed E-state index contributed by atoms with van der Waals surface area (Å²) < 4.78 is 28.1. The van der Waals surface area contributed by atoms with Gasteiger partial charge >= 0.3 is 6.61 Å². The van der Waals surface area contributed by atoms with Crippen LogP contribution < -0.4 is 10.1 Å². The van der Waals surface area contributed by atoms with Crippen molar-refractivity contribution in [1.29, 1.82) is 0 Å². The maximum absolute atomic E-state index is 11.9. The van der Waals surface area contributed by atoms with E-state index >= 15 is 0 Å². The molecule has 0 aliphatic rings. The molecule has 0 heterocycles. The lowest BCUT2D eigenvalue weighted by Crippen LogP contribution is -2.03. The first-order chi connectivity index (χ1) is 7.22. The van der Waals surface area contributed by atoms with E-state index in [1.54, 1.807) is 12.1 Å². The van der Waals surface area contributed by atoms with Gasteiger partial charge in [0.15, 0.2) is 0 Å². The molecule has 1 aromatic carbocycles. The summed E-state index contributed by atoms with van der Waals surface area (Å²) in [5, 5.41) is 2.95. The zero-order chi connectivity index (χ0) is 11.1. The first kappa shape index (κ1) is 11.7. The first-order valence-electron chi connectivity index (χ1n) is 4.58. The molecule has 0 spiro atoms. The van der Waals surface area contributed by atoms with E-state index in [9.17, 15) is 8.78 Å². The van der Waals surface area contributed by atoms with Crippen LogP contribution in [0.2, 0.25) is 0 Å². The molecule has 0 aliphatic heterocycles. The highest BCUT2D eigenvalue weighted by Gasteiger charge is 2.03. The summed E-state index contributed by atoms with van der Waals surface area (Å²) in [7, 11) is 1.83. The molecule has 82 valence electrons. The molecule has 0 radical (unpaired) electrons. The fraction of sp³-hybridized carbons (Fsp3) is 0.273. The molecule has 4 heteroatoms. The maximum Gasteiger partial charge on any atom is 0.387 e. The molecule has 0 fully saturated rings. The number of hydrogen-bond donors (Lipinski definition) is 1. The lowest BCUT2D eigenvalue weighted by molar-refractivity contribution is -0.0498. The summed E-state index contributed by atoms with van der Waals surface area (Å²) in [6, 6.07) is 6.57. The number of alkyl halides is 2. The fourth-order valence-electron chi connectivity index (χ4n) is 1.11. The van der Waals surface area contributed by atoms with Crippen LogP contribution in [0.15, 0.2) is 30.3 Å². The van der Waals surface area contributed by atoms with Crippen LogP contribution in [0.25, 0.3) is 6.08 Å². The topological polar surface area (TPSA) is 21.3 Å². The molecule has 0 atom stereocenters. The second kappa shape index (κ2) is 6.14. The molecule has 1 rings (SSSR count). The van der Waals surface area contributed by atoms with Crippen LogP contribution in [0.3, 0.4) is 0 Å². The number of halogens is 2. The highest BCUT2D eigenvalue weighted by molar-refractivity contribution is 5.51. The molecular weight excluding hydrogens is 200 g/mol. The van der Waals surface area contributed by atoms with Crippen LogP contribution in [0.1, 0.15) is 5.56 Å². The second-order valence-corrected chi connectivity index (χ2v) is 2.91. The SMILES string of the molecule is CNCC=Cc1cccc(OC(F)F)c1. The number of rotatable bonds is 5. The Labute approximate surface area is 87.6 Å². The van der Waals surface area contributed by atoms with Gasteiger partial charge in [-0.3, -0.25) is 0 Å². The van der Waals surface area contributed by atoms with E-state index in [4.69, 9.17) is 0 Å². The van der Waals surface area contributed by atoms with E-state index < -0.39 is 6.61 Å². The van der Waals surface area contributed by atoms with Gasteiger partial charge in [0.1, 0.15) is 5.75 Å². The predicted octanol–water partition coefficient (Wildman–Crippen LogP) is 2.52. The molecule has 1 aromatic rings. The van der Waals surface area contributed by atoms with E-state index in [2.05, 4.69) is 10.1 Å². The Balaban J connectivity index is 2.65. The van der Waals surface area contributed by atoms with Gasteiger partial charge in [0.2, 0.25) is 0 Å².